The zero-order valence-electron chi connectivity index (χ0n) is 10.5. The van der Waals surface area contributed by atoms with E-state index < -0.39 is 11.9 Å². The lowest BCUT2D eigenvalue weighted by Gasteiger charge is -2.27. The van der Waals surface area contributed by atoms with Gasteiger partial charge in [-0.25, -0.2) is 0 Å². The lowest BCUT2D eigenvalue weighted by Crippen LogP contribution is -2.32. The Hall–Kier alpha value is -1.55. The number of carboxylic acid groups (broad SMARTS) is 1. The average molecular weight is 276 g/mol. The maximum atomic E-state index is 12.4. The van der Waals surface area contributed by atoms with Crippen molar-refractivity contribution in [3.05, 3.63) is 35.4 Å². The van der Waals surface area contributed by atoms with Gasteiger partial charge in [-0.15, -0.1) is 0 Å². The summed E-state index contributed by atoms with van der Waals surface area (Å²) in [6, 6.07) is 7.04. The molecule has 2 atom stereocenters. The molecule has 0 spiro atoms. The van der Waals surface area contributed by atoms with Crippen LogP contribution < -0.4 is 0 Å². The first-order valence-electron chi connectivity index (χ1n) is 6.45. The van der Waals surface area contributed by atoms with Crippen LogP contribution in [0.15, 0.2) is 24.3 Å². The number of aliphatic carboxylic acids is 1. The Kier molecular flexibility index (Phi) is 4.43. The van der Waals surface area contributed by atoms with E-state index in [1.165, 1.54) is 0 Å². The van der Waals surface area contributed by atoms with Crippen molar-refractivity contribution in [3.8, 4) is 0 Å². The molecule has 4 heteroatoms. The standard InChI is InChI=1S/C15H16O3S/c16-14(11-7-5-10(9-19)6-8-11)12-3-1-2-4-13(12)15(17)18/h5-9,12-13H,1-4H2,(H,17,18)/t12-,13-/m1/s1. The maximum Gasteiger partial charge on any atom is 0.307 e. The largest absolute Gasteiger partial charge is 0.481 e. The van der Waals surface area contributed by atoms with Gasteiger partial charge in [0.2, 0.25) is 0 Å². The molecule has 0 heterocycles. The van der Waals surface area contributed by atoms with Gasteiger partial charge in [0.05, 0.1) is 5.92 Å². The van der Waals surface area contributed by atoms with E-state index >= 15 is 0 Å². The summed E-state index contributed by atoms with van der Waals surface area (Å²) in [5, 5.41) is 10.8. The van der Waals surface area contributed by atoms with Crippen LogP contribution in [0.5, 0.6) is 0 Å². The van der Waals surface area contributed by atoms with Crippen LogP contribution in [0.3, 0.4) is 0 Å². The molecule has 1 aliphatic carbocycles. The first kappa shape index (κ1) is 13.9. The highest BCUT2D eigenvalue weighted by molar-refractivity contribution is 7.79. The summed E-state index contributed by atoms with van der Waals surface area (Å²) >= 11 is 4.82. The maximum absolute atomic E-state index is 12.4. The SMILES string of the molecule is O=C(O)[C@@H]1CCCC[C@H]1C(=O)c1ccc(C=S)cc1. The van der Waals surface area contributed by atoms with Crippen LogP contribution in [-0.4, -0.2) is 22.2 Å². The van der Waals surface area contributed by atoms with Gasteiger partial charge in [0.1, 0.15) is 0 Å². The van der Waals surface area contributed by atoms with Gasteiger partial charge in [0.25, 0.3) is 0 Å². The molecular weight excluding hydrogens is 260 g/mol. The van der Waals surface area contributed by atoms with Gasteiger partial charge in [0.15, 0.2) is 5.78 Å². The van der Waals surface area contributed by atoms with Crippen molar-refractivity contribution in [3.63, 3.8) is 0 Å². The highest BCUT2D eigenvalue weighted by atomic mass is 32.1. The third kappa shape index (κ3) is 3.07. The normalized spacial score (nSPS) is 22.7. The monoisotopic (exact) mass is 276 g/mol. The summed E-state index contributed by atoms with van der Waals surface area (Å²) in [6.45, 7) is 0. The van der Waals surface area contributed by atoms with E-state index in [9.17, 15) is 14.7 Å². The summed E-state index contributed by atoms with van der Waals surface area (Å²) in [4.78, 5) is 23.6. The fourth-order valence-electron chi connectivity index (χ4n) is 2.68. The van der Waals surface area contributed by atoms with Crippen molar-refractivity contribution < 1.29 is 14.7 Å². The number of carbonyl (C=O) groups excluding carboxylic acids is 1. The molecule has 0 unspecified atom stereocenters. The van der Waals surface area contributed by atoms with E-state index in [1.807, 2.05) is 0 Å². The van der Waals surface area contributed by atoms with Crippen LogP contribution in [0.1, 0.15) is 41.6 Å². The van der Waals surface area contributed by atoms with E-state index in [0.717, 1.165) is 18.4 Å². The van der Waals surface area contributed by atoms with Crippen molar-refractivity contribution in [2.24, 2.45) is 11.8 Å². The first-order chi connectivity index (χ1) is 9.13. The van der Waals surface area contributed by atoms with Gasteiger partial charge in [-0.1, -0.05) is 49.3 Å². The Labute approximate surface area is 117 Å². The van der Waals surface area contributed by atoms with Gasteiger partial charge in [0, 0.05) is 16.8 Å². The van der Waals surface area contributed by atoms with E-state index in [-0.39, 0.29) is 11.7 Å². The van der Waals surface area contributed by atoms with Crippen LogP contribution in [0, 0.1) is 11.8 Å². The molecule has 3 nitrogen and oxygen atoms in total. The molecule has 0 saturated heterocycles. The molecule has 100 valence electrons. The first-order valence-corrected chi connectivity index (χ1v) is 6.93. The van der Waals surface area contributed by atoms with E-state index in [4.69, 9.17) is 12.2 Å². The van der Waals surface area contributed by atoms with Gasteiger partial charge in [-0.3, -0.25) is 9.59 Å². The zero-order chi connectivity index (χ0) is 13.8. The summed E-state index contributed by atoms with van der Waals surface area (Å²) < 4.78 is 0. The van der Waals surface area contributed by atoms with Gasteiger partial charge in [-0.05, 0) is 18.4 Å². The number of hydrogen-bond acceptors (Lipinski definition) is 3. The number of ketones is 1. The number of Topliss-reactive ketones (excluding diaryl/α,β-unsaturated/α-hetero) is 1. The molecule has 1 aromatic carbocycles. The second-order valence-corrected chi connectivity index (χ2v) is 5.18. The van der Waals surface area contributed by atoms with E-state index in [2.05, 4.69) is 0 Å². The minimum atomic E-state index is -0.853. The Morgan fingerprint density at radius 1 is 1.11 bits per heavy atom. The molecular formula is C15H16O3S. The molecule has 1 N–H and O–H groups in total. The minimum Gasteiger partial charge on any atom is -0.481 e. The van der Waals surface area contributed by atoms with Crippen molar-refractivity contribution in [2.45, 2.75) is 25.7 Å². The Morgan fingerprint density at radius 2 is 1.68 bits per heavy atom. The molecule has 1 aromatic rings. The topological polar surface area (TPSA) is 54.4 Å². The summed E-state index contributed by atoms with van der Waals surface area (Å²) in [7, 11) is 0. The number of hydrogen-bond donors (Lipinski definition) is 1. The molecule has 1 aliphatic rings. The van der Waals surface area contributed by atoms with Crippen LogP contribution >= 0.6 is 12.2 Å². The Morgan fingerprint density at radius 3 is 2.21 bits per heavy atom. The quantitative estimate of drug-likeness (QED) is 0.678. The minimum absolute atomic E-state index is 0.0528. The fraction of sp³-hybridized carbons (Fsp3) is 0.400. The highest BCUT2D eigenvalue weighted by Crippen LogP contribution is 2.32. The average Bonchev–Trinajstić information content (AvgIpc) is 2.46. The molecule has 0 aliphatic heterocycles. The van der Waals surface area contributed by atoms with Crippen LogP contribution in [0.4, 0.5) is 0 Å². The van der Waals surface area contributed by atoms with E-state index in [1.54, 1.807) is 29.6 Å². The lowest BCUT2D eigenvalue weighted by molar-refractivity contribution is -0.144. The van der Waals surface area contributed by atoms with Gasteiger partial charge < -0.3 is 5.11 Å². The van der Waals surface area contributed by atoms with Gasteiger partial charge >= 0.3 is 5.97 Å². The molecule has 2 rings (SSSR count). The van der Waals surface area contributed by atoms with E-state index in [0.29, 0.717) is 18.4 Å². The second-order valence-electron chi connectivity index (χ2n) is 4.94. The molecule has 0 amide bonds. The number of rotatable bonds is 4. The smallest absolute Gasteiger partial charge is 0.307 e. The molecule has 0 bridgehead atoms. The molecule has 0 aromatic heterocycles. The lowest BCUT2D eigenvalue weighted by atomic mass is 9.75. The zero-order valence-corrected chi connectivity index (χ0v) is 11.4. The third-order valence-corrected chi connectivity index (χ3v) is 4.02. The molecule has 0 radical (unpaired) electrons. The number of carboxylic acids is 1. The number of carbonyl (C=O) groups is 2. The van der Waals surface area contributed by atoms with Crippen molar-refractivity contribution in [1.82, 2.24) is 0 Å². The van der Waals surface area contributed by atoms with Crippen molar-refractivity contribution in [1.29, 1.82) is 0 Å². The number of thiocarbonyl (C=S) groups is 1. The predicted molar refractivity (Wildman–Crippen MR) is 76.6 cm³/mol. The van der Waals surface area contributed by atoms with Crippen molar-refractivity contribution >= 4 is 29.3 Å². The number of benzene rings is 1. The van der Waals surface area contributed by atoms with Crippen LogP contribution in [0.2, 0.25) is 0 Å². The summed E-state index contributed by atoms with van der Waals surface area (Å²) in [6.07, 6.45) is 3.09. The second kappa shape index (κ2) is 6.06. The van der Waals surface area contributed by atoms with Crippen LogP contribution in [-0.2, 0) is 4.79 Å². The molecule has 19 heavy (non-hydrogen) atoms. The van der Waals surface area contributed by atoms with Crippen molar-refractivity contribution in [2.75, 3.05) is 0 Å². The highest BCUT2D eigenvalue weighted by Gasteiger charge is 2.35. The predicted octanol–water partition coefficient (Wildman–Crippen LogP) is 3.11. The molecule has 1 saturated carbocycles. The Bertz CT molecular complexity index is 493. The Balaban J connectivity index is 2.20. The molecule has 1 fully saturated rings. The third-order valence-electron chi connectivity index (χ3n) is 3.75. The van der Waals surface area contributed by atoms with Gasteiger partial charge in [-0.2, -0.15) is 0 Å². The summed E-state index contributed by atoms with van der Waals surface area (Å²) in [5.74, 6) is -1.83. The fourth-order valence-corrected chi connectivity index (χ4v) is 2.84. The summed E-state index contributed by atoms with van der Waals surface area (Å²) in [5.41, 5.74) is 1.46. The van der Waals surface area contributed by atoms with Crippen LogP contribution in [0.25, 0.3) is 0 Å².